The van der Waals surface area contributed by atoms with Crippen LogP contribution in [0.4, 0.5) is 26.3 Å². The Morgan fingerprint density at radius 2 is 1.61 bits per heavy atom. The van der Waals surface area contributed by atoms with Gasteiger partial charge in [0.15, 0.2) is 27.0 Å². The summed E-state index contributed by atoms with van der Waals surface area (Å²) in [6.45, 7) is 1.32. The number of nitrogens with zero attached hydrogens (tertiary/aromatic N) is 5. The number of fused-ring (bicyclic) bond motifs is 1. The molecule has 190 valence electrons. The Balaban J connectivity index is 1.85. The lowest BCUT2D eigenvalue weighted by molar-refractivity contribution is -0.274. The van der Waals surface area contributed by atoms with Crippen LogP contribution in [-0.2, 0) is 16.0 Å². The maximum Gasteiger partial charge on any atom is 0.573 e. The number of benzene rings is 1. The van der Waals surface area contributed by atoms with Gasteiger partial charge in [-0.3, -0.25) is 0 Å². The van der Waals surface area contributed by atoms with Crippen molar-refractivity contribution in [3.63, 3.8) is 0 Å². The van der Waals surface area contributed by atoms with E-state index in [1.807, 2.05) is 0 Å². The van der Waals surface area contributed by atoms with Crippen LogP contribution in [0.15, 0.2) is 58.4 Å². The van der Waals surface area contributed by atoms with Crippen molar-refractivity contribution in [2.75, 3.05) is 5.75 Å². The van der Waals surface area contributed by atoms with Crippen LogP contribution in [0.3, 0.4) is 0 Å². The molecule has 0 saturated heterocycles. The van der Waals surface area contributed by atoms with Gasteiger partial charge in [0.2, 0.25) is 0 Å². The molecule has 4 aromatic rings. The van der Waals surface area contributed by atoms with Crippen LogP contribution in [-0.4, -0.2) is 44.9 Å². The van der Waals surface area contributed by atoms with Gasteiger partial charge in [-0.15, -0.1) is 18.3 Å². The Bertz CT molecular complexity index is 1610. The van der Waals surface area contributed by atoms with Crippen LogP contribution in [0.5, 0.6) is 5.75 Å². The van der Waals surface area contributed by atoms with Crippen LogP contribution in [0.2, 0.25) is 0 Å². The van der Waals surface area contributed by atoms with Gasteiger partial charge in [-0.25, -0.2) is 18.2 Å². The molecule has 36 heavy (non-hydrogen) atoms. The fourth-order valence-electron chi connectivity index (χ4n) is 3.14. The van der Waals surface area contributed by atoms with Crippen molar-refractivity contribution in [1.29, 1.82) is 0 Å². The van der Waals surface area contributed by atoms with Crippen molar-refractivity contribution in [1.82, 2.24) is 24.4 Å². The SMILES string of the molecule is CCS(=O)(=O)c1cc(-c2ccc(OC(F)(F)F)cc2)cnc1-n1nc2ccc(C(F)(F)F)nn2c1=O. The molecule has 0 aliphatic rings. The molecule has 0 saturated carbocycles. The first-order chi connectivity index (χ1) is 16.7. The van der Waals surface area contributed by atoms with Gasteiger partial charge in [0, 0.05) is 11.8 Å². The molecule has 16 heteroatoms. The minimum atomic E-state index is -4.90. The molecule has 3 aromatic heterocycles. The molecule has 0 spiro atoms. The monoisotopic (exact) mass is 533 g/mol. The summed E-state index contributed by atoms with van der Waals surface area (Å²) < 4.78 is 106. The lowest BCUT2D eigenvalue weighted by atomic mass is 10.1. The van der Waals surface area contributed by atoms with Gasteiger partial charge in [-0.2, -0.15) is 27.5 Å². The number of halogens is 6. The third kappa shape index (κ3) is 4.89. The summed E-state index contributed by atoms with van der Waals surface area (Å²) in [7, 11) is -4.07. The highest BCUT2D eigenvalue weighted by Gasteiger charge is 2.34. The number of alkyl halides is 6. The Hall–Kier alpha value is -3.95. The van der Waals surface area contributed by atoms with Gasteiger partial charge in [0.1, 0.15) is 10.6 Å². The average Bonchev–Trinajstić information content (AvgIpc) is 3.13. The molecule has 0 aliphatic carbocycles. The van der Waals surface area contributed by atoms with Gasteiger partial charge in [-0.05, 0) is 35.9 Å². The second-order valence-electron chi connectivity index (χ2n) is 7.20. The van der Waals surface area contributed by atoms with E-state index < -0.39 is 56.0 Å². The van der Waals surface area contributed by atoms with E-state index in [1.54, 1.807) is 0 Å². The quantitative estimate of drug-likeness (QED) is 0.361. The minimum Gasteiger partial charge on any atom is -0.406 e. The molecular weight excluding hydrogens is 520 g/mol. The predicted octanol–water partition coefficient (Wildman–Crippen LogP) is 3.65. The number of pyridine rings is 1. The second kappa shape index (κ2) is 8.61. The van der Waals surface area contributed by atoms with E-state index >= 15 is 0 Å². The largest absolute Gasteiger partial charge is 0.573 e. The number of ether oxygens (including phenoxy) is 1. The summed E-state index contributed by atoms with van der Waals surface area (Å²) in [5, 5.41) is 7.08. The third-order valence-corrected chi connectivity index (χ3v) is 6.57. The predicted molar refractivity (Wildman–Crippen MR) is 111 cm³/mol. The number of aromatic nitrogens is 5. The van der Waals surface area contributed by atoms with E-state index in [0.717, 1.165) is 30.5 Å². The van der Waals surface area contributed by atoms with E-state index in [2.05, 4.69) is 19.9 Å². The molecule has 0 unspecified atom stereocenters. The van der Waals surface area contributed by atoms with Crippen LogP contribution in [0.1, 0.15) is 12.6 Å². The minimum absolute atomic E-state index is 0.165. The Morgan fingerprint density at radius 3 is 2.19 bits per heavy atom. The molecule has 0 bridgehead atoms. The maximum absolute atomic E-state index is 13.0. The first-order valence-electron chi connectivity index (χ1n) is 9.85. The van der Waals surface area contributed by atoms with Crippen LogP contribution < -0.4 is 10.4 Å². The molecular formula is C20H13F6N5O4S. The van der Waals surface area contributed by atoms with Crippen molar-refractivity contribution in [2.45, 2.75) is 24.4 Å². The van der Waals surface area contributed by atoms with E-state index in [1.165, 1.54) is 19.1 Å². The number of hydrogen-bond acceptors (Lipinski definition) is 7. The van der Waals surface area contributed by atoms with Gasteiger partial charge in [0.25, 0.3) is 0 Å². The van der Waals surface area contributed by atoms with Crippen molar-refractivity contribution in [2.24, 2.45) is 0 Å². The van der Waals surface area contributed by atoms with Crippen molar-refractivity contribution in [3.05, 3.63) is 64.8 Å². The van der Waals surface area contributed by atoms with Crippen molar-refractivity contribution in [3.8, 4) is 22.7 Å². The summed E-state index contributed by atoms with van der Waals surface area (Å²) in [4.78, 5) is 16.3. The zero-order valence-electron chi connectivity index (χ0n) is 17.9. The lowest BCUT2D eigenvalue weighted by Crippen LogP contribution is -2.25. The van der Waals surface area contributed by atoms with E-state index in [0.29, 0.717) is 15.3 Å². The van der Waals surface area contributed by atoms with Gasteiger partial charge < -0.3 is 4.74 Å². The number of hydrogen-bond donors (Lipinski definition) is 0. The molecule has 3 heterocycles. The molecule has 0 amide bonds. The van der Waals surface area contributed by atoms with Crippen LogP contribution in [0, 0.1) is 0 Å². The molecule has 0 fully saturated rings. The summed E-state index contributed by atoms with van der Waals surface area (Å²) in [6, 6.07) is 7.13. The molecule has 4 rings (SSSR count). The summed E-state index contributed by atoms with van der Waals surface area (Å²) in [5.41, 5.74) is -2.41. The second-order valence-corrected chi connectivity index (χ2v) is 9.45. The Morgan fingerprint density at radius 1 is 0.944 bits per heavy atom. The zero-order chi connectivity index (χ0) is 26.5. The highest BCUT2D eigenvalue weighted by molar-refractivity contribution is 7.91. The maximum atomic E-state index is 13.0. The molecule has 9 nitrogen and oxygen atoms in total. The molecule has 0 atom stereocenters. The highest BCUT2D eigenvalue weighted by atomic mass is 32.2. The van der Waals surface area contributed by atoms with Crippen molar-refractivity contribution >= 4 is 15.5 Å². The van der Waals surface area contributed by atoms with Crippen LogP contribution >= 0.6 is 0 Å². The topological polar surface area (TPSA) is 108 Å². The molecule has 0 radical (unpaired) electrons. The molecule has 1 aromatic carbocycles. The lowest BCUT2D eigenvalue weighted by Gasteiger charge is -2.11. The Labute approximate surface area is 197 Å². The van der Waals surface area contributed by atoms with Gasteiger partial charge >= 0.3 is 18.2 Å². The zero-order valence-corrected chi connectivity index (χ0v) is 18.7. The third-order valence-electron chi connectivity index (χ3n) is 4.84. The Kier molecular flexibility index (Phi) is 6.02. The van der Waals surface area contributed by atoms with Crippen molar-refractivity contribution < 1.29 is 39.5 Å². The normalized spacial score (nSPS) is 12.8. The molecule has 0 N–H and O–H groups in total. The fourth-order valence-corrected chi connectivity index (χ4v) is 4.18. The van der Waals surface area contributed by atoms with Crippen LogP contribution in [0.25, 0.3) is 22.6 Å². The smallest absolute Gasteiger partial charge is 0.406 e. The highest BCUT2D eigenvalue weighted by Crippen LogP contribution is 2.30. The standard InChI is InChI=1S/C20H13F6N5O4S/c1-2-36(33,34)14-9-12(11-3-5-13(6-4-11)35-20(24,25)26)10-27-17(14)31-18(32)30-16(29-31)8-7-15(28-30)19(21,22)23/h3-10H,2H2,1H3. The summed E-state index contributed by atoms with van der Waals surface area (Å²) >= 11 is 0. The fraction of sp³-hybridized carbons (Fsp3) is 0.200. The van der Waals surface area contributed by atoms with E-state index in [-0.39, 0.29) is 16.8 Å². The van der Waals surface area contributed by atoms with Gasteiger partial charge in [0.05, 0.1) is 5.75 Å². The number of sulfone groups is 1. The van der Waals surface area contributed by atoms with Gasteiger partial charge in [-0.1, -0.05) is 19.1 Å². The summed E-state index contributed by atoms with van der Waals surface area (Å²) in [5.74, 6) is -1.41. The summed E-state index contributed by atoms with van der Waals surface area (Å²) in [6.07, 6.45) is -8.61. The first-order valence-corrected chi connectivity index (χ1v) is 11.5. The number of rotatable bonds is 5. The van der Waals surface area contributed by atoms with E-state index in [4.69, 9.17) is 0 Å². The first kappa shape index (κ1) is 25.2. The van der Waals surface area contributed by atoms with E-state index in [9.17, 15) is 39.6 Å². The average molecular weight is 533 g/mol. The molecule has 0 aliphatic heterocycles.